The fourth-order valence-electron chi connectivity index (χ4n) is 3.28. The lowest BCUT2D eigenvalue weighted by Crippen LogP contribution is -2.33. The number of anilines is 1. The number of thiophene rings is 1. The molecule has 1 amide bonds. The Labute approximate surface area is 175 Å². The average molecular weight is 438 g/mol. The molecule has 0 unspecified atom stereocenters. The number of hydrogen-bond donors (Lipinski definition) is 2. The van der Waals surface area contributed by atoms with E-state index in [9.17, 15) is 13.2 Å². The molecule has 0 aliphatic heterocycles. The van der Waals surface area contributed by atoms with Gasteiger partial charge in [0.1, 0.15) is 15.6 Å². The van der Waals surface area contributed by atoms with Crippen LogP contribution in [-0.2, 0) is 14.8 Å². The van der Waals surface area contributed by atoms with Crippen molar-refractivity contribution >= 4 is 45.1 Å². The summed E-state index contributed by atoms with van der Waals surface area (Å²) in [4.78, 5) is 12.5. The first-order valence-electron chi connectivity index (χ1n) is 9.95. The maximum atomic E-state index is 12.7. The van der Waals surface area contributed by atoms with E-state index < -0.39 is 10.0 Å². The highest BCUT2D eigenvalue weighted by atomic mass is 32.2. The molecule has 2 aromatic rings. The van der Waals surface area contributed by atoms with Gasteiger partial charge in [-0.3, -0.25) is 4.79 Å². The van der Waals surface area contributed by atoms with Crippen LogP contribution in [-0.4, -0.2) is 25.5 Å². The SMILES string of the molecule is CCC(=O)Nc1c(C)noc1C=Cc1ccc(S(=O)(=O)NC2CCCCCC2)s1. The Hall–Kier alpha value is -1.97. The van der Waals surface area contributed by atoms with Gasteiger partial charge in [0, 0.05) is 17.3 Å². The van der Waals surface area contributed by atoms with Crippen LogP contribution in [0.1, 0.15) is 68.2 Å². The molecule has 9 heteroatoms. The van der Waals surface area contributed by atoms with E-state index in [0.717, 1.165) is 30.6 Å². The molecule has 0 spiro atoms. The van der Waals surface area contributed by atoms with Gasteiger partial charge in [0.05, 0.1) is 0 Å². The van der Waals surface area contributed by atoms with Crippen molar-refractivity contribution < 1.29 is 17.7 Å². The van der Waals surface area contributed by atoms with Gasteiger partial charge in [-0.25, -0.2) is 13.1 Å². The minimum atomic E-state index is -3.52. The molecular weight excluding hydrogens is 410 g/mol. The highest BCUT2D eigenvalue weighted by Crippen LogP contribution is 2.27. The quantitative estimate of drug-likeness (QED) is 0.618. The van der Waals surface area contributed by atoms with Crippen LogP contribution in [0.25, 0.3) is 12.2 Å². The number of aromatic nitrogens is 1. The third-order valence-electron chi connectivity index (χ3n) is 4.92. The van der Waals surface area contributed by atoms with E-state index in [1.807, 2.05) is 0 Å². The number of rotatable bonds is 7. The normalized spacial score (nSPS) is 16.2. The summed E-state index contributed by atoms with van der Waals surface area (Å²) >= 11 is 1.20. The zero-order valence-electron chi connectivity index (χ0n) is 16.7. The van der Waals surface area contributed by atoms with E-state index in [4.69, 9.17) is 4.52 Å². The molecule has 1 saturated carbocycles. The van der Waals surface area contributed by atoms with Crippen molar-refractivity contribution in [3.8, 4) is 0 Å². The van der Waals surface area contributed by atoms with Crippen molar-refractivity contribution in [3.05, 3.63) is 28.5 Å². The summed E-state index contributed by atoms with van der Waals surface area (Å²) in [5, 5.41) is 6.67. The van der Waals surface area contributed by atoms with Gasteiger partial charge in [-0.1, -0.05) is 37.8 Å². The molecule has 158 valence electrons. The Morgan fingerprint density at radius 3 is 2.66 bits per heavy atom. The van der Waals surface area contributed by atoms with Gasteiger partial charge in [-0.15, -0.1) is 11.3 Å². The first-order chi connectivity index (χ1) is 13.9. The molecule has 1 fully saturated rings. The van der Waals surface area contributed by atoms with Gasteiger partial charge in [0.15, 0.2) is 5.76 Å². The lowest BCUT2D eigenvalue weighted by atomic mass is 10.1. The van der Waals surface area contributed by atoms with Gasteiger partial charge >= 0.3 is 0 Å². The summed E-state index contributed by atoms with van der Waals surface area (Å²) in [6.45, 7) is 3.52. The molecule has 2 heterocycles. The van der Waals surface area contributed by atoms with Crippen molar-refractivity contribution in [2.75, 3.05) is 5.32 Å². The van der Waals surface area contributed by atoms with Crippen molar-refractivity contribution in [2.45, 2.75) is 69.0 Å². The fraction of sp³-hybridized carbons (Fsp3) is 0.500. The van der Waals surface area contributed by atoms with Crippen molar-refractivity contribution in [2.24, 2.45) is 0 Å². The molecule has 1 aliphatic carbocycles. The summed E-state index contributed by atoms with van der Waals surface area (Å²) in [7, 11) is -3.52. The molecule has 0 aromatic carbocycles. The zero-order valence-corrected chi connectivity index (χ0v) is 18.4. The van der Waals surface area contributed by atoms with E-state index in [1.54, 1.807) is 38.1 Å². The molecule has 0 saturated heterocycles. The van der Waals surface area contributed by atoms with Crippen LogP contribution in [0, 0.1) is 6.92 Å². The smallest absolute Gasteiger partial charge is 0.250 e. The third-order valence-corrected chi connectivity index (χ3v) is 7.98. The number of hydrogen-bond acceptors (Lipinski definition) is 6. The Bertz CT molecular complexity index is 968. The third kappa shape index (κ3) is 5.77. The van der Waals surface area contributed by atoms with Crippen LogP contribution >= 0.6 is 11.3 Å². The molecule has 1 aliphatic rings. The van der Waals surface area contributed by atoms with E-state index in [0.29, 0.717) is 27.8 Å². The van der Waals surface area contributed by atoms with E-state index in [2.05, 4.69) is 15.2 Å². The second-order valence-electron chi connectivity index (χ2n) is 7.21. The summed E-state index contributed by atoms with van der Waals surface area (Å²) in [6, 6.07) is 3.40. The fourth-order valence-corrected chi connectivity index (χ4v) is 5.83. The molecule has 2 N–H and O–H groups in total. The van der Waals surface area contributed by atoms with E-state index in [-0.39, 0.29) is 11.9 Å². The number of carbonyl (C=O) groups excluding carboxylic acids is 1. The van der Waals surface area contributed by atoms with Crippen molar-refractivity contribution in [3.63, 3.8) is 0 Å². The predicted octanol–water partition coefficient (Wildman–Crippen LogP) is 4.56. The van der Waals surface area contributed by atoms with Crippen LogP contribution in [0.3, 0.4) is 0 Å². The maximum Gasteiger partial charge on any atom is 0.250 e. The van der Waals surface area contributed by atoms with Crippen molar-refractivity contribution in [1.29, 1.82) is 0 Å². The lowest BCUT2D eigenvalue weighted by molar-refractivity contribution is -0.115. The Morgan fingerprint density at radius 1 is 1.24 bits per heavy atom. The van der Waals surface area contributed by atoms with Gasteiger partial charge in [-0.05, 0) is 44.1 Å². The number of aryl methyl sites for hydroxylation is 1. The minimum Gasteiger partial charge on any atom is -0.354 e. The number of nitrogens with zero attached hydrogens (tertiary/aromatic N) is 1. The molecule has 2 aromatic heterocycles. The second-order valence-corrected chi connectivity index (χ2v) is 10.3. The second kappa shape index (κ2) is 9.69. The summed E-state index contributed by atoms with van der Waals surface area (Å²) in [6.07, 6.45) is 10.1. The average Bonchev–Trinajstić information content (AvgIpc) is 3.21. The molecular formula is C20H27N3O4S2. The summed E-state index contributed by atoms with van der Waals surface area (Å²) in [5.41, 5.74) is 1.13. The monoisotopic (exact) mass is 437 g/mol. The van der Waals surface area contributed by atoms with Crippen LogP contribution in [0.5, 0.6) is 0 Å². The highest BCUT2D eigenvalue weighted by molar-refractivity contribution is 7.91. The number of amides is 1. The highest BCUT2D eigenvalue weighted by Gasteiger charge is 2.22. The molecule has 29 heavy (non-hydrogen) atoms. The molecule has 0 radical (unpaired) electrons. The minimum absolute atomic E-state index is 0.0190. The van der Waals surface area contributed by atoms with Gasteiger partial charge in [0.2, 0.25) is 15.9 Å². The van der Waals surface area contributed by atoms with Crippen LogP contribution in [0.15, 0.2) is 20.9 Å². The number of nitrogens with one attached hydrogen (secondary N) is 2. The maximum absolute atomic E-state index is 12.7. The van der Waals surface area contributed by atoms with Gasteiger partial charge in [-0.2, -0.15) is 0 Å². The van der Waals surface area contributed by atoms with Crippen molar-refractivity contribution in [1.82, 2.24) is 9.88 Å². The standard InChI is InChI=1S/C20H27N3O4S2/c1-3-18(24)21-20-14(2)22-27-17(20)12-10-16-11-13-19(28-16)29(25,26)23-15-8-6-4-5-7-9-15/h10-13,15,23H,3-9H2,1-2H3,(H,21,24). The van der Waals surface area contributed by atoms with E-state index in [1.165, 1.54) is 24.2 Å². The lowest BCUT2D eigenvalue weighted by Gasteiger charge is -2.15. The first kappa shape index (κ1) is 21.7. The van der Waals surface area contributed by atoms with Crippen LogP contribution in [0.4, 0.5) is 5.69 Å². The molecule has 3 rings (SSSR count). The van der Waals surface area contributed by atoms with Crippen LogP contribution < -0.4 is 10.0 Å². The topological polar surface area (TPSA) is 101 Å². The van der Waals surface area contributed by atoms with E-state index >= 15 is 0 Å². The predicted molar refractivity (Wildman–Crippen MR) is 115 cm³/mol. The van der Waals surface area contributed by atoms with Crippen LogP contribution in [0.2, 0.25) is 0 Å². The number of carbonyl (C=O) groups is 1. The Kier molecular flexibility index (Phi) is 7.26. The number of sulfonamides is 1. The zero-order chi connectivity index (χ0) is 20.9. The molecule has 0 bridgehead atoms. The Balaban J connectivity index is 1.71. The molecule has 0 atom stereocenters. The largest absolute Gasteiger partial charge is 0.354 e. The Morgan fingerprint density at radius 2 is 1.97 bits per heavy atom. The van der Waals surface area contributed by atoms with Gasteiger partial charge < -0.3 is 9.84 Å². The van der Waals surface area contributed by atoms with Gasteiger partial charge in [0.25, 0.3) is 0 Å². The first-order valence-corrected chi connectivity index (χ1v) is 12.3. The molecule has 7 nitrogen and oxygen atoms in total. The summed E-state index contributed by atoms with van der Waals surface area (Å²) < 4.78 is 33.9. The summed E-state index contributed by atoms with van der Waals surface area (Å²) in [5.74, 6) is 0.304.